The maximum Gasteiger partial charge on any atom is 0.264 e. The van der Waals surface area contributed by atoms with Gasteiger partial charge in [0.05, 0.1) is 22.9 Å². The van der Waals surface area contributed by atoms with Gasteiger partial charge in [-0.2, -0.15) is 5.10 Å². The Labute approximate surface area is 214 Å². The van der Waals surface area contributed by atoms with Gasteiger partial charge < -0.3 is 4.74 Å². The number of hydrazone groups is 1. The average Bonchev–Trinajstić information content (AvgIpc) is 2.82. The first-order valence-corrected chi connectivity index (χ1v) is 13.1. The molecule has 3 aromatic rings. The first-order chi connectivity index (χ1) is 16.2. The van der Waals surface area contributed by atoms with Gasteiger partial charge in [-0.25, -0.2) is 13.8 Å². The lowest BCUT2D eigenvalue weighted by molar-refractivity contribution is -0.119. The molecule has 178 valence electrons. The molecule has 0 heterocycles. The fourth-order valence-corrected chi connectivity index (χ4v) is 5.08. The maximum absolute atomic E-state index is 13.5. The highest BCUT2D eigenvalue weighted by atomic mass is 127. The van der Waals surface area contributed by atoms with Crippen LogP contribution in [0.5, 0.6) is 5.75 Å². The van der Waals surface area contributed by atoms with Crippen LogP contribution in [0.15, 0.2) is 82.8 Å². The number of benzene rings is 3. The quantitative estimate of drug-likeness (QED) is 0.222. The number of sulfonamides is 1. The number of nitrogens with zero attached hydrogens (tertiary/aromatic N) is 2. The van der Waals surface area contributed by atoms with E-state index in [1.54, 1.807) is 43.3 Å². The van der Waals surface area contributed by atoms with Gasteiger partial charge in [-0.05, 0) is 97.5 Å². The van der Waals surface area contributed by atoms with Crippen molar-refractivity contribution >= 4 is 49.9 Å². The van der Waals surface area contributed by atoms with Crippen molar-refractivity contribution in [3.8, 4) is 5.75 Å². The molecule has 0 atom stereocenters. The minimum Gasteiger partial charge on any atom is -0.494 e. The lowest BCUT2D eigenvalue weighted by atomic mass is 10.1. The van der Waals surface area contributed by atoms with Crippen molar-refractivity contribution in [1.29, 1.82) is 0 Å². The second-order valence-corrected chi connectivity index (χ2v) is 10.6. The van der Waals surface area contributed by atoms with Gasteiger partial charge in [0.15, 0.2) is 0 Å². The van der Waals surface area contributed by atoms with Crippen LogP contribution < -0.4 is 14.5 Å². The summed E-state index contributed by atoms with van der Waals surface area (Å²) in [5, 5.41) is 4.16. The molecule has 1 amide bonds. The molecule has 3 rings (SSSR count). The third-order valence-corrected chi connectivity index (χ3v) is 7.38. The normalized spacial score (nSPS) is 11.7. The summed E-state index contributed by atoms with van der Waals surface area (Å²) in [5.74, 6) is 0.0515. The van der Waals surface area contributed by atoms with Crippen LogP contribution >= 0.6 is 22.6 Å². The number of hydrogen-bond acceptors (Lipinski definition) is 5. The lowest BCUT2D eigenvalue weighted by Crippen LogP contribution is -2.39. The van der Waals surface area contributed by atoms with E-state index in [0.717, 1.165) is 19.0 Å². The molecule has 0 unspecified atom stereocenters. The van der Waals surface area contributed by atoms with Gasteiger partial charge in [0.2, 0.25) is 0 Å². The molecule has 9 heteroatoms. The molecule has 1 N–H and O–H groups in total. The molecule has 0 saturated heterocycles. The van der Waals surface area contributed by atoms with Gasteiger partial charge in [0.25, 0.3) is 15.9 Å². The number of hydrogen-bond donors (Lipinski definition) is 1. The summed E-state index contributed by atoms with van der Waals surface area (Å²) in [4.78, 5) is 12.9. The largest absolute Gasteiger partial charge is 0.494 e. The first-order valence-electron chi connectivity index (χ1n) is 10.6. The van der Waals surface area contributed by atoms with Crippen molar-refractivity contribution in [2.24, 2.45) is 5.10 Å². The van der Waals surface area contributed by atoms with Gasteiger partial charge in [-0.1, -0.05) is 29.8 Å². The Morgan fingerprint density at radius 2 is 1.74 bits per heavy atom. The van der Waals surface area contributed by atoms with E-state index in [9.17, 15) is 13.2 Å². The molecule has 0 bridgehead atoms. The summed E-state index contributed by atoms with van der Waals surface area (Å²) in [5.41, 5.74) is 5.24. The van der Waals surface area contributed by atoms with Crippen molar-refractivity contribution in [3.63, 3.8) is 0 Å². The maximum atomic E-state index is 13.5. The summed E-state index contributed by atoms with van der Waals surface area (Å²) in [6.45, 7) is 5.57. The van der Waals surface area contributed by atoms with Crippen molar-refractivity contribution in [2.75, 3.05) is 17.5 Å². The molecule has 3 aromatic carbocycles. The Morgan fingerprint density at radius 3 is 2.35 bits per heavy atom. The summed E-state index contributed by atoms with van der Waals surface area (Å²) in [7, 11) is -4.01. The van der Waals surface area contributed by atoms with E-state index in [4.69, 9.17) is 4.74 Å². The van der Waals surface area contributed by atoms with Crippen molar-refractivity contribution in [2.45, 2.75) is 25.7 Å². The summed E-state index contributed by atoms with van der Waals surface area (Å²) in [6.07, 6.45) is 0. The first kappa shape index (κ1) is 25.7. The summed E-state index contributed by atoms with van der Waals surface area (Å²) < 4.78 is 34.5. The minimum absolute atomic E-state index is 0.0957. The monoisotopic (exact) mass is 591 g/mol. The number of rotatable bonds is 9. The second-order valence-electron chi connectivity index (χ2n) is 7.49. The van der Waals surface area contributed by atoms with Crippen molar-refractivity contribution < 1.29 is 17.9 Å². The number of carbonyl (C=O) groups excluding carboxylic acids is 1. The molecule has 0 saturated carbocycles. The fourth-order valence-electron chi connectivity index (χ4n) is 3.12. The number of carbonyl (C=O) groups is 1. The zero-order valence-electron chi connectivity index (χ0n) is 19.2. The molecule has 0 spiro atoms. The smallest absolute Gasteiger partial charge is 0.264 e. The minimum atomic E-state index is -4.01. The Kier molecular flexibility index (Phi) is 8.67. The van der Waals surface area contributed by atoms with E-state index in [1.165, 1.54) is 12.1 Å². The molecule has 0 aliphatic carbocycles. The van der Waals surface area contributed by atoms with E-state index < -0.39 is 22.5 Å². The topological polar surface area (TPSA) is 88.1 Å². The van der Waals surface area contributed by atoms with Gasteiger partial charge >= 0.3 is 0 Å². The van der Waals surface area contributed by atoms with Crippen LogP contribution in [0.1, 0.15) is 25.0 Å². The van der Waals surface area contributed by atoms with Gasteiger partial charge in [-0.3, -0.25) is 9.10 Å². The van der Waals surface area contributed by atoms with Crippen molar-refractivity contribution in [3.05, 3.63) is 87.5 Å². The highest BCUT2D eigenvalue weighted by molar-refractivity contribution is 14.1. The van der Waals surface area contributed by atoms with Crippen molar-refractivity contribution in [1.82, 2.24) is 5.43 Å². The molecule has 34 heavy (non-hydrogen) atoms. The molecule has 0 fully saturated rings. The number of ether oxygens (including phenoxy) is 1. The van der Waals surface area contributed by atoms with Gasteiger partial charge in [0, 0.05) is 3.57 Å². The molecule has 0 aliphatic rings. The lowest BCUT2D eigenvalue weighted by Gasteiger charge is -2.24. The number of aryl methyl sites for hydroxylation is 1. The molecular formula is C25H26IN3O4S. The van der Waals surface area contributed by atoms with Crippen LogP contribution in [0, 0.1) is 10.5 Å². The summed E-state index contributed by atoms with van der Waals surface area (Å²) >= 11 is 2.20. The van der Waals surface area contributed by atoms with Gasteiger partial charge in [0.1, 0.15) is 12.3 Å². The van der Waals surface area contributed by atoms with E-state index in [2.05, 4.69) is 33.1 Å². The standard InChI is InChI=1S/C25H26IN3O4S/c1-4-33-23-12-10-22(11-13-23)29(34(31,32)24-14-8-18(2)9-15-24)17-25(30)28-27-19(3)20-6-5-7-21(26)16-20/h5-16H,4,17H2,1-3H3,(H,28,30)/b27-19-. The van der Waals surface area contributed by atoms with Gasteiger partial charge in [-0.15, -0.1) is 0 Å². The van der Waals surface area contributed by atoms with Crippen LogP contribution in [-0.2, 0) is 14.8 Å². The number of anilines is 1. The van der Waals surface area contributed by atoms with Crippen LogP contribution in [0.4, 0.5) is 5.69 Å². The molecule has 0 aromatic heterocycles. The van der Waals surface area contributed by atoms with Crippen LogP contribution in [0.3, 0.4) is 0 Å². The Hall–Kier alpha value is -2.92. The number of nitrogens with one attached hydrogen (secondary N) is 1. The predicted molar refractivity (Wildman–Crippen MR) is 143 cm³/mol. The summed E-state index contributed by atoms with van der Waals surface area (Å²) in [6, 6.07) is 20.8. The third-order valence-electron chi connectivity index (χ3n) is 4.92. The highest BCUT2D eigenvalue weighted by Crippen LogP contribution is 2.26. The predicted octanol–water partition coefficient (Wildman–Crippen LogP) is 4.73. The van der Waals surface area contributed by atoms with Crippen LogP contribution in [0.2, 0.25) is 0 Å². The Balaban J connectivity index is 1.88. The molecule has 0 aliphatic heterocycles. The number of amides is 1. The van der Waals surface area contributed by atoms with E-state index in [0.29, 0.717) is 23.8 Å². The van der Waals surface area contributed by atoms with E-state index in [-0.39, 0.29) is 4.90 Å². The fraction of sp³-hybridized carbons (Fsp3) is 0.200. The average molecular weight is 591 g/mol. The SMILES string of the molecule is CCOc1ccc(N(CC(=O)N/N=C(/C)c2cccc(I)c2)S(=O)(=O)c2ccc(C)cc2)cc1. The molecule has 0 radical (unpaired) electrons. The number of halogens is 1. The van der Waals surface area contributed by atoms with E-state index in [1.807, 2.05) is 38.1 Å². The third kappa shape index (κ3) is 6.57. The second kappa shape index (κ2) is 11.5. The zero-order valence-corrected chi connectivity index (χ0v) is 22.1. The van der Waals surface area contributed by atoms with Crippen LogP contribution in [0.25, 0.3) is 0 Å². The van der Waals surface area contributed by atoms with E-state index >= 15 is 0 Å². The highest BCUT2D eigenvalue weighted by Gasteiger charge is 2.27. The molecule has 7 nitrogen and oxygen atoms in total. The molecular weight excluding hydrogens is 565 g/mol. The zero-order chi connectivity index (χ0) is 24.7. The van der Waals surface area contributed by atoms with Crippen LogP contribution in [-0.4, -0.2) is 33.2 Å². The Bertz CT molecular complexity index is 1270. The Morgan fingerprint density at radius 1 is 1.06 bits per heavy atom.